The first-order chi connectivity index (χ1) is 13.6. The van der Waals surface area contributed by atoms with Crippen molar-refractivity contribution in [3.05, 3.63) is 28.5 Å². The summed E-state index contributed by atoms with van der Waals surface area (Å²) in [5, 5.41) is 2.19. The van der Waals surface area contributed by atoms with Crippen molar-refractivity contribution in [2.24, 2.45) is 0 Å². The van der Waals surface area contributed by atoms with Crippen molar-refractivity contribution < 1.29 is 14.3 Å². The monoisotopic (exact) mass is 416 g/mol. The largest absolute Gasteiger partial charge is 0.458 e. The summed E-state index contributed by atoms with van der Waals surface area (Å²) in [5.74, 6) is 6.47. The van der Waals surface area contributed by atoms with Crippen LogP contribution in [-0.4, -0.2) is 38.2 Å². The van der Waals surface area contributed by atoms with Gasteiger partial charge in [-0.15, -0.1) is 11.3 Å². The first kappa shape index (κ1) is 18.9. The molecular weight excluding hydrogens is 400 g/mol. The maximum atomic E-state index is 11.6. The number of nitrogens with zero attached hydrogens (tertiary/aromatic N) is 4. The molecule has 0 bridgehead atoms. The van der Waals surface area contributed by atoms with E-state index in [0.29, 0.717) is 42.3 Å². The van der Waals surface area contributed by atoms with E-state index in [2.05, 4.69) is 26.8 Å². The van der Waals surface area contributed by atoms with E-state index in [0.717, 1.165) is 4.88 Å². The summed E-state index contributed by atoms with van der Waals surface area (Å²) in [5.41, 5.74) is 0.969. The van der Waals surface area contributed by atoms with Crippen molar-refractivity contribution in [2.75, 3.05) is 6.61 Å². The minimum atomic E-state index is -0.552. The number of hydrogen-bond acceptors (Lipinski definition) is 7. The molecule has 1 fully saturated rings. The zero-order valence-electron chi connectivity index (χ0n) is 15.3. The summed E-state index contributed by atoms with van der Waals surface area (Å²) in [6.45, 7) is 3.80. The fourth-order valence-electron chi connectivity index (χ4n) is 3.11. The zero-order valence-corrected chi connectivity index (χ0v) is 16.9. The molecule has 1 saturated heterocycles. The molecule has 0 N–H and O–H groups in total. The second kappa shape index (κ2) is 7.87. The van der Waals surface area contributed by atoms with Crippen LogP contribution in [0.25, 0.3) is 21.9 Å². The predicted molar refractivity (Wildman–Crippen MR) is 106 cm³/mol. The van der Waals surface area contributed by atoms with Crippen LogP contribution >= 0.6 is 22.9 Å². The highest BCUT2D eigenvalue weighted by atomic mass is 35.5. The Balaban J connectivity index is 1.94. The Morgan fingerprint density at radius 3 is 3.04 bits per heavy atom. The third-order valence-corrected chi connectivity index (χ3v) is 5.33. The van der Waals surface area contributed by atoms with Gasteiger partial charge in [0.25, 0.3) is 0 Å². The Hall–Kier alpha value is -2.47. The van der Waals surface area contributed by atoms with E-state index in [4.69, 9.17) is 21.1 Å². The lowest BCUT2D eigenvalue weighted by Gasteiger charge is -2.21. The zero-order chi connectivity index (χ0) is 19.7. The molecular formula is C19H17ClN4O3S. The van der Waals surface area contributed by atoms with Gasteiger partial charge >= 0.3 is 5.97 Å². The average molecular weight is 417 g/mol. The van der Waals surface area contributed by atoms with Gasteiger partial charge in [-0.2, -0.15) is 0 Å². The molecule has 1 aliphatic heterocycles. The molecule has 2 atom stereocenters. The summed E-state index contributed by atoms with van der Waals surface area (Å²) in [4.78, 5) is 26.0. The van der Waals surface area contributed by atoms with Gasteiger partial charge < -0.3 is 9.47 Å². The molecule has 0 aliphatic carbocycles. The van der Waals surface area contributed by atoms with Gasteiger partial charge in [0.15, 0.2) is 22.9 Å². The number of carbonyl (C=O) groups is 1. The number of hydrogen-bond donors (Lipinski definition) is 0. The number of esters is 1. The van der Waals surface area contributed by atoms with Crippen molar-refractivity contribution in [2.45, 2.75) is 39.0 Å². The molecule has 144 valence electrons. The van der Waals surface area contributed by atoms with E-state index in [1.807, 2.05) is 29.0 Å². The summed E-state index contributed by atoms with van der Waals surface area (Å²) in [6.07, 6.45) is 0.283. The molecule has 4 heterocycles. The van der Waals surface area contributed by atoms with Crippen LogP contribution in [0, 0.1) is 11.8 Å². The lowest BCUT2D eigenvalue weighted by molar-refractivity contribution is -0.151. The number of fused-ring (bicyclic) bond motifs is 1. The molecule has 7 nitrogen and oxygen atoms in total. The Bertz CT molecular complexity index is 1080. The van der Waals surface area contributed by atoms with E-state index in [9.17, 15) is 4.79 Å². The van der Waals surface area contributed by atoms with Crippen molar-refractivity contribution in [1.82, 2.24) is 19.5 Å². The quantitative estimate of drug-likeness (QED) is 0.367. The van der Waals surface area contributed by atoms with Crippen LogP contribution < -0.4 is 0 Å². The lowest BCUT2D eigenvalue weighted by atomic mass is 10.2. The summed E-state index contributed by atoms with van der Waals surface area (Å²) >= 11 is 7.94. The Morgan fingerprint density at radius 1 is 1.46 bits per heavy atom. The van der Waals surface area contributed by atoms with E-state index in [1.165, 1.54) is 18.3 Å². The first-order valence-electron chi connectivity index (χ1n) is 8.85. The molecule has 0 saturated carbocycles. The normalized spacial score (nSPS) is 18.8. The number of imidazole rings is 1. The Morgan fingerprint density at radius 2 is 2.32 bits per heavy atom. The van der Waals surface area contributed by atoms with Gasteiger partial charge in [0.05, 0.1) is 11.5 Å². The average Bonchev–Trinajstić information content (AvgIpc) is 3.38. The number of halogens is 1. The van der Waals surface area contributed by atoms with Crippen molar-refractivity contribution in [3.8, 4) is 22.5 Å². The molecule has 28 heavy (non-hydrogen) atoms. The molecule has 0 amide bonds. The second-order valence-electron chi connectivity index (χ2n) is 6.15. The molecule has 0 unspecified atom stereocenters. The number of ether oxygens (including phenoxy) is 2. The van der Waals surface area contributed by atoms with Gasteiger partial charge in [0, 0.05) is 19.8 Å². The maximum Gasteiger partial charge on any atom is 0.303 e. The van der Waals surface area contributed by atoms with E-state index in [1.54, 1.807) is 0 Å². The highest BCUT2D eigenvalue weighted by Gasteiger charge is 2.36. The van der Waals surface area contributed by atoms with Gasteiger partial charge in [0.2, 0.25) is 5.82 Å². The number of thiophene rings is 1. The minimum absolute atomic E-state index is 0.226. The lowest BCUT2D eigenvalue weighted by Crippen LogP contribution is -2.25. The SMILES string of the molecule is CCC#Cc1nc(Cl)c2nc(-c3cccs3)n([C@@H]3OCC[C@H]3OC(C)=O)c2n1. The molecule has 1 aliphatic rings. The second-order valence-corrected chi connectivity index (χ2v) is 7.45. The highest BCUT2D eigenvalue weighted by molar-refractivity contribution is 7.13. The fourth-order valence-corrected chi connectivity index (χ4v) is 4.03. The molecule has 0 radical (unpaired) electrons. The molecule has 0 aromatic carbocycles. The predicted octanol–water partition coefficient (Wildman–Crippen LogP) is 3.82. The summed E-state index contributed by atoms with van der Waals surface area (Å²) in [7, 11) is 0. The standard InChI is InChI=1S/C19H17ClN4O3S/c1-3-4-7-14-21-16(20)15-18(22-14)24(17(23-15)13-6-5-10-28-13)19-12(8-9-26-19)27-11(2)25/h5-6,10,12,19H,3,8-9H2,1-2H3/t12-,19-/m1/s1. The van der Waals surface area contributed by atoms with Crippen LogP contribution in [0.4, 0.5) is 0 Å². The van der Waals surface area contributed by atoms with Gasteiger partial charge in [-0.3, -0.25) is 9.36 Å². The molecule has 4 rings (SSSR count). The van der Waals surface area contributed by atoms with Gasteiger partial charge in [-0.05, 0) is 17.4 Å². The number of carbonyl (C=O) groups excluding carboxylic acids is 1. The van der Waals surface area contributed by atoms with Crippen LogP contribution in [0.3, 0.4) is 0 Å². The Kier molecular flexibility index (Phi) is 5.31. The third-order valence-electron chi connectivity index (χ3n) is 4.20. The maximum absolute atomic E-state index is 11.6. The van der Waals surface area contributed by atoms with Crippen LogP contribution in [0.1, 0.15) is 38.7 Å². The van der Waals surface area contributed by atoms with Gasteiger partial charge in [-0.1, -0.05) is 30.5 Å². The van der Waals surface area contributed by atoms with Crippen molar-refractivity contribution >= 4 is 40.1 Å². The summed E-state index contributed by atoms with van der Waals surface area (Å²) < 4.78 is 13.2. The number of rotatable bonds is 3. The van der Waals surface area contributed by atoms with Crippen LogP contribution in [0.2, 0.25) is 5.15 Å². The topological polar surface area (TPSA) is 79.1 Å². The minimum Gasteiger partial charge on any atom is -0.458 e. The van der Waals surface area contributed by atoms with Crippen LogP contribution in [0.15, 0.2) is 17.5 Å². The first-order valence-corrected chi connectivity index (χ1v) is 10.1. The molecule has 3 aromatic rings. The molecule has 9 heteroatoms. The van der Waals surface area contributed by atoms with Gasteiger partial charge in [-0.25, -0.2) is 15.0 Å². The molecule has 3 aromatic heterocycles. The summed E-state index contributed by atoms with van der Waals surface area (Å²) in [6, 6.07) is 3.89. The van der Waals surface area contributed by atoms with E-state index >= 15 is 0 Å². The van der Waals surface area contributed by atoms with Gasteiger partial charge in [0.1, 0.15) is 11.6 Å². The number of aromatic nitrogens is 4. The van der Waals surface area contributed by atoms with Crippen molar-refractivity contribution in [1.29, 1.82) is 0 Å². The van der Waals surface area contributed by atoms with E-state index in [-0.39, 0.29) is 11.1 Å². The van der Waals surface area contributed by atoms with Crippen molar-refractivity contribution in [3.63, 3.8) is 0 Å². The smallest absolute Gasteiger partial charge is 0.303 e. The Labute approximate surface area is 170 Å². The highest BCUT2D eigenvalue weighted by Crippen LogP contribution is 2.37. The van der Waals surface area contributed by atoms with E-state index < -0.39 is 12.3 Å². The third kappa shape index (κ3) is 3.49. The molecule has 0 spiro atoms. The fraction of sp³-hybridized carbons (Fsp3) is 0.368. The van der Waals surface area contributed by atoms with Crippen LogP contribution in [0.5, 0.6) is 0 Å². The van der Waals surface area contributed by atoms with Crippen LogP contribution in [-0.2, 0) is 14.3 Å².